The fraction of sp³-hybridized carbons (Fsp3) is 0.588. The molecule has 0 radical (unpaired) electrons. The summed E-state index contributed by atoms with van der Waals surface area (Å²) in [6, 6.07) is 0. The molecule has 0 aromatic carbocycles. The van der Waals surface area contributed by atoms with Crippen molar-refractivity contribution in [3.63, 3.8) is 0 Å². The van der Waals surface area contributed by atoms with Crippen LogP contribution in [0.3, 0.4) is 0 Å². The Hall–Kier alpha value is -2.05. The molecule has 2 aromatic rings. The molecule has 0 amide bonds. The number of fused-ring (bicyclic) bond motifs is 2. The Labute approximate surface area is 145 Å². The lowest BCUT2D eigenvalue weighted by Gasteiger charge is -2.24. The first-order chi connectivity index (χ1) is 12.0. The standard InChI is InChI=1S/C17H20N4O4/c1-5-6-22-7-11-13-14(25-17(3,4)24-13)16(23-11)21-9-20-12-10(2)18-8-19-15(12)21/h1,8-9,11,13-14,16H,6-7H2,2-4H3/t11-,13-,14-,16-/m1/s1. The van der Waals surface area contributed by atoms with Gasteiger partial charge in [0, 0.05) is 0 Å². The van der Waals surface area contributed by atoms with Crippen LogP contribution >= 0.6 is 0 Å². The largest absolute Gasteiger partial charge is 0.366 e. The van der Waals surface area contributed by atoms with Crippen molar-refractivity contribution in [1.82, 2.24) is 19.5 Å². The van der Waals surface area contributed by atoms with Crippen LogP contribution in [0.15, 0.2) is 12.7 Å². The summed E-state index contributed by atoms with van der Waals surface area (Å²) in [5.41, 5.74) is 2.26. The van der Waals surface area contributed by atoms with Gasteiger partial charge in [0.2, 0.25) is 0 Å². The predicted octanol–water partition coefficient (Wildman–Crippen LogP) is 1.20. The van der Waals surface area contributed by atoms with Crippen molar-refractivity contribution in [3.05, 3.63) is 18.3 Å². The molecule has 25 heavy (non-hydrogen) atoms. The van der Waals surface area contributed by atoms with E-state index >= 15 is 0 Å². The van der Waals surface area contributed by atoms with Crippen molar-refractivity contribution in [2.45, 2.75) is 51.1 Å². The number of hydrogen-bond donors (Lipinski definition) is 0. The summed E-state index contributed by atoms with van der Waals surface area (Å²) < 4.78 is 25.6. The summed E-state index contributed by atoms with van der Waals surface area (Å²) >= 11 is 0. The van der Waals surface area contributed by atoms with Crippen LogP contribution in [-0.4, -0.2) is 56.8 Å². The number of terminal acetylenes is 1. The maximum absolute atomic E-state index is 6.18. The van der Waals surface area contributed by atoms with E-state index in [0.29, 0.717) is 12.3 Å². The number of imidazole rings is 1. The highest BCUT2D eigenvalue weighted by Gasteiger charge is 2.56. The fourth-order valence-electron chi connectivity index (χ4n) is 3.41. The molecule has 8 heteroatoms. The summed E-state index contributed by atoms with van der Waals surface area (Å²) in [6.07, 6.45) is 7.23. The van der Waals surface area contributed by atoms with Gasteiger partial charge in [-0.05, 0) is 20.8 Å². The molecule has 0 N–H and O–H groups in total. The second-order valence-electron chi connectivity index (χ2n) is 6.63. The lowest BCUT2D eigenvalue weighted by molar-refractivity contribution is -0.201. The van der Waals surface area contributed by atoms with Crippen LogP contribution in [-0.2, 0) is 18.9 Å². The zero-order chi connectivity index (χ0) is 17.6. The third-order valence-corrected chi connectivity index (χ3v) is 4.41. The Kier molecular flexibility index (Phi) is 3.96. The first-order valence-corrected chi connectivity index (χ1v) is 8.16. The summed E-state index contributed by atoms with van der Waals surface area (Å²) in [4.78, 5) is 12.9. The number of aromatic nitrogens is 4. The van der Waals surface area contributed by atoms with Gasteiger partial charge in [-0.25, -0.2) is 15.0 Å². The van der Waals surface area contributed by atoms with Gasteiger partial charge in [0.05, 0.1) is 18.6 Å². The quantitative estimate of drug-likeness (QED) is 0.609. The predicted molar refractivity (Wildman–Crippen MR) is 87.4 cm³/mol. The van der Waals surface area contributed by atoms with Crippen molar-refractivity contribution in [2.24, 2.45) is 0 Å². The van der Waals surface area contributed by atoms with Crippen LogP contribution < -0.4 is 0 Å². The Morgan fingerprint density at radius 2 is 2.08 bits per heavy atom. The molecule has 0 unspecified atom stereocenters. The van der Waals surface area contributed by atoms with Crippen molar-refractivity contribution in [3.8, 4) is 12.3 Å². The first kappa shape index (κ1) is 16.4. The van der Waals surface area contributed by atoms with Gasteiger partial charge in [-0.1, -0.05) is 5.92 Å². The average Bonchev–Trinajstić information content (AvgIpc) is 3.20. The number of ether oxygens (including phenoxy) is 4. The fourth-order valence-corrected chi connectivity index (χ4v) is 3.41. The molecular weight excluding hydrogens is 324 g/mol. The van der Waals surface area contributed by atoms with E-state index in [1.165, 1.54) is 6.33 Å². The zero-order valence-corrected chi connectivity index (χ0v) is 14.4. The Bertz CT molecular complexity index is 828. The van der Waals surface area contributed by atoms with Gasteiger partial charge in [-0.2, -0.15) is 0 Å². The van der Waals surface area contributed by atoms with E-state index in [2.05, 4.69) is 20.9 Å². The molecular formula is C17H20N4O4. The third-order valence-electron chi connectivity index (χ3n) is 4.41. The minimum Gasteiger partial charge on any atom is -0.366 e. The van der Waals surface area contributed by atoms with Crippen molar-refractivity contribution >= 4 is 11.2 Å². The van der Waals surface area contributed by atoms with Crippen molar-refractivity contribution in [1.29, 1.82) is 0 Å². The Balaban J connectivity index is 1.66. The summed E-state index contributed by atoms with van der Waals surface area (Å²) in [5.74, 6) is 1.76. The molecule has 0 saturated carbocycles. The number of aryl methyl sites for hydroxylation is 1. The van der Waals surface area contributed by atoms with Gasteiger partial charge in [-0.3, -0.25) is 4.57 Å². The molecule has 0 aliphatic carbocycles. The molecule has 2 fully saturated rings. The van der Waals surface area contributed by atoms with Crippen LogP contribution in [0.4, 0.5) is 0 Å². The molecule has 8 nitrogen and oxygen atoms in total. The number of nitrogens with zero attached hydrogens (tertiary/aromatic N) is 4. The SMILES string of the molecule is C#CCOC[C@H]1O[C@@H](n2cnc3c(C)ncnc32)[C@@H]2OC(C)(C)O[C@@H]21. The molecule has 4 heterocycles. The maximum atomic E-state index is 6.18. The van der Waals surface area contributed by atoms with Gasteiger partial charge in [0.25, 0.3) is 0 Å². The lowest BCUT2D eigenvalue weighted by Crippen LogP contribution is -2.33. The van der Waals surface area contributed by atoms with Gasteiger partial charge >= 0.3 is 0 Å². The Morgan fingerprint density at radius 3 is 2.88 bits per heavy atom. The van der Waals surface area contributed by atoms with Crippen LogP contribution in [0.25, 0.3) is 11.2 Å². The molecule has 0 bridgehead atoms. The average molecular weight is 344 g/mol. The second kappa shape index (κ2) is 6.04. The highest BCUT2D eigenvalue weighted by molar-refractivity contribution is 5.72. The van der Waals surface area contributed by atoms with Crippen LogP contribution in [0.1, 0.15) is 25.8 Å². The van der Waals surface area contributed by atoms with Crippen LogP contribution in [0.2, 0.25) is 0 Å². The van der Waals surface area contributed by atoms with E-state index in [4.69, 9.17) is 25.4 Å². The molecule has 2 saturated heterocycles. The summed E-state index contributed by atoms with van der Waals surface area (Å²) in [5, 5.41) is 0. The van der Waals surface area contributed by atoms with Crippen molar-refractivity contribution in [2.75, 3.05) is 13.2 Å². The number of hydrogen-bond acceptors (Lipinski definition) is 7. The smallest absolute Gasteiger partial charge is 0.166 e. The maximum Gasteiger partial charge on any atom is 0.166 e. The molecule has 0 spiro atoms. The lowest BCUT2D eigenvalue weighted by atomic mass is 10.1. The van der Waals surface area contributed by atoms with Gasteiger partial charge in [-0.15, -0.1) is 6.42 Å². The molecule has 2 aromatic heterocycles. The topological polar surface area (TPSA) is 80.5 Å². The minimum absolute atomic E-state index is 0.229. The summed E-state index contributed by atoms with van der Waals surface area (Å²) in [6.45, 7) is 6.24. The molecule has 4 atom stereocenters. The van der Waals surface area contributed by atoms with E-state index in [0.717, 1.165) is 11.2 Å². The highest BCUT2D eigenvalue weighted by atomic mass is 16.8. The van der Waals surface area contributed by atoms with E-state index in [1.54, 1.807) is 6.33 Å². The zero-order valence-electron chi connectivity index (χ0n) is 14.4. The molecule has 132 valence electrons. The van der Waals surface area contributed by atoms with Gasteiger partial charge < -0.3 is 18.9 Å². The summed E-state index contributed by atoms with van der Waals surface area (Å²) in [7, 11) is 0. The monoisotopic (exact) mass is 344 g/mol. The first-order valence-electron chi connectivity index (χ1n) is 8.16. The minimum atomic E-state index is -0.691. The van der Waals surface area contributed by atoms with Crippen LogP contribution in [0, 0.1) is 19.3 Å². The van der Waals surface area contributed by atoms with Gasteiger partial charge in [0.1, 0.15) is 36.8 Å². The second-order valence-corrected chi connectivity index (χ2v) is 6.63. The van der Waals surface area contributed by atoms with E-state index in [1.807, 2.05) is 25.3 Å². The normalized spacial score (nSPS) is 30.5. The highest BCUT2D eigenvalue weighted by Crippen LogP contribution is 2.43. The molecule has 2 aliphatic rings. The number of rotatable bonds is 4. The third kappa shape index (κ3) is 2.79. The van der Waals surface area contributed by atoms with E-state index in [9.17, 15) is 0 Å². The molecule has 4 rings (SSSR count). The van der Waals surface area contributed by atoms with Crippen LogP contribution in [0.5, 0.6) is 0 Å². The molecule has 2 aliphatic heterocycles. The van der Waals surface area contributed by atoms with Gasteiger partial charge in [0.15, 0.2) is 17.7 Å². The Morgan fingerprint density at radius 1 is 1.28 bits per heavy atom. The van der Waals surface area contributed by atoms with Crippen molar-refractivity contribution < 1.29 is 18.9 Å². The van der Waals surface area contributed by atoms with E-state index in [-0.39, 0.29) is 24.9 Å². The van der Waals surface area contributed by atoms with E-state index < -0.39 is 12.0 Å².